The van der Waals surface area contributed by atoms with Gasteiger partial charge in [-0.1, -0.05) is 0 Å². The van der Waals surface area contributed by atoms with Crippen LogP contribution in [0.5, 0.6) is 0 Å². The zero-order valence-electron chi connectivity index (χ0n) is 3.09. The molecule has 0 N–H and O–H groups in total. The van der Waals surface area contributed by atoms with Gasteiger partial charge < -0.3 is 24.0 Å². The number of hydrogen-bond donors (Lipinski definition) is 0. The average molecular weight is 267 g/mol. The van der Waals surface area contributed by atoms with Crippen molar-refractivity contribution in [3.63, 3.8) is 0 Å². The molecule has 0 radical (unpaired) electrons. The molecule has 6 heteroatoms. The Labute approximate surface area is 91.4 Å². The van der Waals surface area contributed by atoms with Gasteiger partial charge in [0.15, 0.2) is 0 Å². The molecule has 0 atom stereocenters. The summed E-state index contributed by atoms with van der Waals surface area (Å²) in [6, 6.07) is 0. The molecule has 0 bridgehead atoms. The largest absolute Gasteiger partial charge is 1.00 e. The van der Waals surface area contributed by atoms with Gasteiger partial charge in [-0.2, -0.15) is 34.4 Å². The van der Waals surface area contributed by atoms with E-state index in [-0.39, 0.29) is 53.5 Å². The van der Waals surface area contributed by atoms with Crippen molar-refractivity contribution >= 4 is 39.3 Å². The van der Waals surface area contributed by atoms with Crippen molar-refractivity contribution in [3.05, 3.63) is 0 Å². The Kier molecular flexibility index (Phi) is 28.1. The Morgan fingerprint density at radius 3 is 1.00 bits per heavy atom. The maximum Gasteiger partial charge on any atom is 1.00 e. The number of halogens is 4. The van der Waals surface area contributed by atoms with E-state index in [0.29, 0.717) is 0 Å². The van der Waals surface area contributed by atoms with Crippen LogP contribution in [0.1, 0.15) is 0 Å². The van der Waals surface area contributed by atoms with E-state index in [0.717, 1.165) is 0 Å². The van der Waals surface area contributed by atoms with Crippen molar-refractivity contribution in [3.8, 4) is 0 Å². The van der Waals surface area contributed by atoms with E-state index in [2.05, 4.69) is 0 Å². The molecule has 0 amide bonds. The van der Waals surface area contributed by atoms with Crippen LogP contribution in [-0.2, 0) is 0 Å². The molecule has 32 valence electrons. The van der Waals surface area contributed by atoms with Gasteiger partial charge in [-0.15, -0.1) is 0 Å². The first-order valence-corrected chi connectivity index (χ1v) is 1.96. The summed E-state index contributed by atoms with van der Waals surface area (Å²) in [5, 5.41) is 0. The molecular formula is BCl3INa. The third kappa shape index (κ3) is 30.1. The quantitative estimate of drug-likeness (QED) is 0.308. The SMILES string of the molecule is ClB(Cl)Cl.[I-].[Na+]. The Hall–Kier alpha value is 2.66. The molecule has 0 heterocycles. The molecule has 0 unspecified atom stereocenters. The van der Waals surface area contributed by atoms with Gasteiger partial charge in [0.1, 0.15) is 0 Å². The molecule has 6 heavy (non-hydrogen) atoms. The zero-order valence-corrected chi connectivity index (χ0v) is 9.51. The predicted octanol–water partition coefficient (Wildman–Crippen LogP) is -4.30. The molecule has 0 rings (SSSR count). The average Bonchev–Trinajstić information content (AvgIpc) is 0.811. The first-order chi connectivity index (χ1) is 1.73. The molecular weight excluding hydrogens is 267 g/mol. The summed E-state index contributed by atoms with van der Waals surface area (Å²) >= 11 is 14.4. The third-order valence-electron chi connectivity index (χ3n) is 0. The van der Waals surface area contributed by atoms with E-state index < -0.39 is 4.96 Å². The van der Waals surface area contributed by atoms with Crippen LogP contribution >= 0.6 is 34.4 Å². The Bertz CT molecular complexity index is 15.5. The normalized spacial score (nSPS) is 4.50. The first-order valence-electron chi connectivity index (χ1n) is 0.655. The van der Waals surface area contributed by atoms with Gasteiger partial charge in [0.25, 0.3) is 0 Å². The summed E-state index contributed by atoms with van der Waals surface area (Å²) in [5.41, 5.74) is 0. The van der Waals surface area contributed by atoms with Crippen LogP contribution in [0.3, 0.4) is 0 Å². The summed E-state index contributed by atoms with van der Waals surface area (Å²) in [6.07, 6.45) is 0. The molecule has 0 saturated carbocycles. The van der Waals surface area contributed by atoms with Gasteiger partial charge in [-0.25, -0.2) is 0 Å². The fraction of sp³-hybridized carbons (Fsp3) is 0. The van der Waals surface area contributed by atoms with Crippen molar-refractivity contribution < 1.29 is 53.5 Å². The van der Waals surface area contributed by atoms with Crippen LogP contribution in [0, 0.1) is 0 Å². The van der Waals surface area contributed by atoms with Crippen LogP contribution in [0.2, 0.25) is 0 Å². The second-order valence-electron chi connectivity index (χ2n) is 0.247. The first kappa shape index (κ1) is 15.9. The van der Waals surface area contributed by atoms with Crippen LogP contribution in [0.25, 0.3) is 0 Å². The molecule has 0 aliphatic heterocycles. The van der Waals surface area contributed by atoms with E-state index in [9.17, 15) is 0 Å². The standard InChI is InChI=1S/BCl3.HI.Na/c2-1(3)4;;/h;1H;/q;;+1/p-1. The smallest absolute Gasteiger partial charge is 1.00 e. The van der Waals surface area contributed by atoms with Crippen LogP contribution in [-0.4, -0.2) is 4.96 Å². The van der Waals surface area contributed by atoms with Crippen LogP contribution < -0.4 is 53.5 Å². The van der Waals surface area contributed by atoms with E-state index in [1.165, 1.54) is 0 Å². The minimum Gasteiger partial charge on any atom is -1.00 e. The Balaban J connectivity index is -0.0000000450. The van der Waals surface area contributed by atoms with Gasteiger partial charge in [0.05, 0.1) is 0 Å². The summed E-state index contributed by atoms with van der Waals surface area (Å²) in [5.74, 6) is 0. The van der Waals surface area contributed by atoms with E-state index in [1.807, 2.05) is 0 Å². The van der Waals surface area contributed by atoms with Crippen molar-refractivity contribution in [2.24, 2.45) is 0 Å². The zero-order chi connectivity index (χ0) is 3.58. The predicted molar refractivity (Wildman–Crippen MR) is 23.3 cm³/mol. The van der Waals surface area contributed by atoms with Crippen molar-refractivity contribution in [1.29, 1.82) is 0 Å². The third-order valence-corrected chi connectivity index (χ3v) is 0. The summed E-state index contributed by atoms with van der Waals surface area (Å²) in [6.45, 7) is 0. The minimum absolute atomic E-state index is 0. The molecule has 0 fully saturated rings. The topological polar surface area (TPSA) is 0 Å². The van der Waals surface area contributed by atoms with Gasteiger partial charge in [0, 0.05) is 0 Å². The number of hydrogen-bond acceptors (Lipinski definition) is 0. The van der Waals surface area contributed by atoms with Gasteiger partial charge in [0.2, 0.25) is 0 Å². The fourth-order valence-corrected chi connectivity index (χ4v) is 0. The summed E-state index contributed by atoms with van der Waals surface area (Å²) in [4.78, 5) is -0.750. The summed E-state index contributed by atoms with van der Waals surface area (Å²) in [7, 11) is 0. The maximum atomic E-state index is 4.81. The number of rotatable bonds is 0. The van der Waals surface area contributed by atoms with E-state index in [1.54, 1.807) is 0 Å². The fourth-order valence-electron chi connectivity index (χ4n) is 0. The molecule has 0 aromatic heterocycles. The Morgan fingerprint density at radius 1 is 1.00 bits per heavy atom. The molecule has 0 aromatic carbocycles. The second-order valence-corrected chi connectivity index (χ2v) is 2.23. The van der Waals surface area contributed by atoms with Crippen molar-refractivity contribution in [2.75, 3.05) is 0 Å². The van der Waals surface area contributed by atoms with Crippen molar-refractivity contribution in [1.82, 2.24) is 0 Å². The van der Waals surface area contributed by atoms with Gasteiger partial charge in [-0.3, -0.25) is 0 Å². The molecule has 0 aliphatic rings. The summed E-state index contributed by atoms with van der Waals surface area (Å²) < 4.78 is 0. The minimum atomic E-state index is -0.750. The van der Waals surface area contributed by atoms with Gasteiger partial charge >= 0.3 is 34.5 Å². The Morgan fingerprint density at radius 2 is 1.00 bits per heavy atom. The van der Waals surface area contributed by atoms with E-state index in [4.69, 9.17) is 34.4 Å². The van der Waals surface area contributed by atoms with Crippen LogP contribution in [0.4, 0.5) is 0 Å². The van der Waals surface area contributed by atoms with Crippen molar-refractivity contribution in [2.45, 2.75) is 0 Å². The monoisotopic (exact) mass is 266 g/mol. The van der Waals surface area contributed by atoms with E-state index >= 15 is 0 Å². The maximum absolute atomic E-state index is 4.81. The van der Waals surface area contributed by atoms with Gasteiger partial charge in [-0.05, 0) is 0 Å². The molecule has 0 aliphatic carbocycles. The molecule has 0 spiro atoms. The molecule has 0 nitrogen and oxygen atoms in total. The van der Waals surface area contributed by atoms with Crippen LogP contribution in [0.15, 0.2) is 0 Å². The molecule has 0 saturated heterocycles. The second kappa shape index (κ2) is 10.6. The molecule has 0 aromatic rings.